The molecule has 0 radical (unpaired) electrons. The van der Waals surface area contributed by atoms with Crippen molar-refractivity contribution in [2.24, 2.45) is 0 Å². The second-order valence-electron chi connectivity index (χ2n) is 4.72. The molecule has 1 rings (SSSR count). The van der Waals surface area contributed by atoms with Crippen LogP contribution in [0.25, 0.3) is 0 Å². The molecule has 0 saturated heterocycles. The molecule has 5 nitrogen and oxygen atoms in total. The summed E-state index contributed by atoms with van der Waals surface area (Å²) in [6, 6.07) is 5.01. The van der Waals surface area contributed by atoms with Gasteiger partial charge < -0.3 is 10.2 Å². The molecule has 0 aromatic heterocycles. The molecule has 0 bridgehead atoms. The summed E-state index contributed by atoms with van der Waals surface area (Å²) >= 11 is 0. The SMILES string of the molecule is CCCCN(C)Cc1cc([N+](=O)[O-])ccc1NCC. The number of nitrogens with zero attached hydrogens (tertiary/aromatic N) is 2. The third-order valence-corrected chi connectivity index (χ3v) is 3.00. The molecule has 0 atom stereocenters. The molecule has 5 heteroatoms. The van der Waals surface area contributed by atoms with Gasteiger partial charge in [0.05, 0.1) is 4.92 Å². The highest BCUT2D eigenvalue weighted by molar-refractivity contribution is 5.56. The largest absolute Gasteiger partial charge is 0.385 e. The van der Waals surface area contributed by atoms with E-state index in [1.54, 1.807) is 18.2 Å². The molecular formula is C14H23N3O2. The lowest BCUT2D eigenvalue weighted by molar-refractivity contribution is -0.384. The van der Waals surface area contributed by atoms with Gasteiger partial charge in [-0.1, -0.05) is 13.3 Å². The first-order chi connectivity index (χ1) is 9.08. The number of rotatable bonds is 8. The Morgan fingerprint density at radius 3 is 2.68 bits per heavy atom. The molecule has 19 heavy (non-hydrogen) atoms. The van der Waals surface area contributed by atoms with Crippen LogP contribution in [0.15, 0.2) is 18.2 Å². The first-order valence-corrected chi connectivity index (χ1v) is 6.78. The summed E-state index contributed by atoms with van der Waals surface area (Å²) in [5, 5.41) is 14.1. The summed E-state index contributed by atoms with van der Waals surface area (Å²) < 4.78 is 0. The van der Waals surface area contributed by atoms with Crippen LogP contribution in [0.3, 0.4) is 0 Å². The molecule has 106 valence electrons. The number of benzene rings is 1. The van der Waals surface area contributed by atoms with Gasteiger partial charge in [-0.25, -0.2) is 0 Å². The highest BCUT2D eigenvalue weighted by Gasteiger charge is 2.11. The van der Waals surface area contributed by atoms with E-state index < -0.39 is 0 Å². The highest BCUT2D eigenvalue weighted by Crippen LogP contribution is 2.23. The van der Waals surface area contributed by atoms with Crippen LogP contribution in [0, 0.1) is 10.1 Å². The zero-order valence-corrected chi connectivity index (χ0v) is 12.0. The number of nitro benzene ring substituents is 1. The van der Waals surface area contributed by atoms with E-state index in [2.05, 4.69) is 17.1 Å². The summed E-state index contributed by atoms with van der Waals surface area (Å²) in [7, 11) is 2.05. The average Bonchev–Trinajstić information content (AvgIpc) is 2.38. The van der Waals surface area contributed by atoms with Crippen LogP contribution in [-0.2, 0) is 6.54 Å². The van der Waals surface area contributed by atoms with Crippen molar-refractivity contribution in [3.05, 3.63) is 33.9 Å². The number of nitro groups is 1. The minimum Gasteiger partial charge on any atom is -0.385 e. The zero-order valence-electron chi connectivity index (χ0n) is 12.0. The summed E-state index contributed by atoms with van der Waals surface area (Å²) in [5.41, 5.74) is 2.12. The monoisotopic (exact) mass is 265 g/mol. The number of hydrogen-bond acceptors (Lipinski definition) is 4. The first kappa shape index (κ1) is 15.4. The molecule has 0 heterocycles. The van der Waals surface area contributed by atoms with Crippen molar-refractivity contribution in [2.75, 3.05) is 25.5 Å². The second kappa shape index (κ2) is 7.74. The second-order valence-corrected chi connectivity index (χ2v) is 4.72. The third-order valence-electron chi connectivity index (χ3n) is 3.00. The lowest BCUT2D eigenvalue weighted by Gasteiger charge is -2.18. The van der Waals surface area contributed by atoms with E-state index in [0.717, 1.165) is 43.7 Å². The molecule has 0 aliphatic rings. The Labute approximate surface area is 114 Å². The van der Waals surface area contributed by atoms with Crippen molar-refractivity contribution in [2.45, 2.75) is 33.2 Å². The van der Waals surface area contributed by atoms with E-state index in [1.807, 2.05) is 14.0 Å². The fourth-order valence-corrected chi connectivity index (χ4v) is 1.99. The van der Waals surface area contributed by atoms with Crippen molar-refractivity contribution in [1.29, 1.82) is 0 Å². The van der Waals surface area contributed by atoms with E-state index in [9.17, 15) is 10.1 Å². The van der Waals surface area contributed by atoms with Crippen molar-refractivity contribution >= 4 is 11.4 Å². The standard InChI is InChI=1S/C14H23N3O2/c1-4-6-9-16(3)11-12-10-13(17(18)19)7-8-14(12)15-5-2/h7-8,10,15H,4-6,9,11H2,1-3H3. The molecule has 0 fully saturated rings. The van der Waals surface area contributed by atoms with Crippen molar-refractivity contribution in [1.82, 2.24) is 4.90 Å². The van der Waals surface area contributed by atoms with Gasteiger partial charge in [0.15, 0.2) is 0 Å². The fourth-order valence-electron chi connectivity index (χ4n) is 1.99. The number of non-ortho nitro benzene ring substituents is 1. The predicted molar refractivity (Wildman–Crippen MR) is 78.5 cm³/mol. The number of nitrogens with one attached hydrogen (secondary N) is 1. The Hall–Kier alpha value is -1.62. The van der Waals surface area contributed by atoms with Gasteiger partial charge in [-0.3, -0.25) is 10.1 Å². The van der Waals surface area contributed by atoms with Gasteiger partial charge in [0.25, 0.3) is 5.69 Å². The van der Waals surface area contributed by atoms with E-state index in [1.165, 1.54) is 0 Å². The van der Waals surface area contributed by atoms with Gasteiger partial charge in [0.2, 0.25) is 0 Å². The van der Waals surface area contributed by atoms with Gasteiger partial charge in [-0.2, -0.15) is 0 Å². The minimum atomic E-state index is -0.342. The zero-order chi connectivity index (χ0) is 14.3. The topological polar surface area (TPSA) is 58.4 Å². The molecular weight excluding hydrogens is 242 g/mol. The molecule has 0 unspecified atom stereocenters. The van der Waals surface area contributed by atoms with E-state index in [4.69, 9.17) is 0 Å². The smallest absolute Gasteiger partial charge is 0.269 e. The van der Waals surface area contributed by atoms with Crippen molar-refractivity contribution in [3.63, 3.8) is 0 Å². The van der Waals surface area contributed by atoms with Crippen LogP contribution in [0.2, 0.25) is 0 Å². The van der Waals surface area contributed by atoms with Crippen LogP contribution in [-0.4, -0.2) is 30.0 Å². The summed E-state index contributed by atoms with van der Waals surface area (Å²) in [4.78, 5) is 12.7. The van der Waals surface area contributed by atoms with E-state index in [0.29, 0.717) is 0 Å². The molecule has 1 N–H and O–H groups in total. The third kappa shape index (κ3) is 4.87. The Kier molecular flexibility index (Phi) is 6.29. The van der Waals surface area contributed by atoms with Gasteiger partial charge in [0, 0.05) is 30.9 Å². The van der Waals surface area contributed by atoms with Gasteiger partial charge in [-0.15, -0.1) is 0 Å². The van der Waals surface area contributed by atoms with Gasteiger partial charge in [0.1, 0.15) is 0 Å². The highest BCUT2D eigenvalue weighted by atomic mass is 16.6. The summed E-state index contributed by atoms with van der Waals surface area (Å²) in [6.45, 7) is 6.72. The van der Waals surface area contributed by atoms with Gasteiger partial charge in [-0.05, 0) is 38.6 Å². The van der Waals surface area contributed by atoms with Crippen LogP contribution < -0.4 is 5.32 Å². The first-order valence-electron chi connectivity index (χ1n) is 6.78. The molecule has 0 amide bonds. The summed E-state index contributed by atoms with van der Waals surface area (Å²) in [6.07, 6.45) is 2.29. The summed E-state index contributed by atoms with van der Waals surface area (Å²) in [5.74, 6) is 0. The van der Waals surface area contributed by atoms with Gasteiger partial charge >= 0.3 is 0 Å². The van der Waals surface area contributed by atoms with Crippen molar-refractivity contribution in [3.8, 4) is 0 Å². The van der Waals surface area contributed by atoms with E-state index in [-0.39, 0.29) is 10.6 Å². The van der Waals surface area contributed by atoms with Crippen LogP contribution in [0.5, 0.6) is 0 Å². The lowest BCUT2D eigenvalue weighted by atomic mass is 10.1. The molecule has 0 aliphatic heterocycles. The molecule has 0 aliphatic carbocycles. The Balaban J connectivity index is 2.87. The normalized spacial score (nSPS) is 10.7. The Bertz CT molecular complexity index is 421. The fraction of sp³-hybridized carbons (Fsp3) is 0.571. The van der Waals surface area contributed by atoms with E-state index >= 15 is 0 Å². The molecule has 0 saturated carbocycles. The lowest BCUT2D eigenvalue weighted by Crippen LogP contribution is -2.20. The number of unbranched alkanes of at least 4 members (excludes halogenated alkanes) is 1. The maximum absolute atomic E-state index is 10.9. The maximum Gasteiger partial charge on any atom is 0.269 e. The van der Waals surface area contributed by atoms with Crippen LogP contribution in [0.1, 0.15) is 32.3 Å². The minimum absolute atomic E-state index is 0.153. The molecule has 0 spiro atoms. The number of hydrogen-bond donors (Lipinski definition) is 1. The van der Waals surface area contributed by atoms with Crippen molar-refractivity contribution < 1.29 is 4.92 Å². The Morgan fingerprint density at radius 1 is 1.37 bits per heavy atom. The molecule has 1 aromatic carbocycles. The van der Waals surface area contributed by atoms with Crippen LogP contribution >= 0.6 is 0 Å². The molecule has 1 aromatic rings. The quantitative estimate of drug-likeness (QED) is 0.579. The Morgan fingerprint density at radius 2 is 2.11 bits per heavy atom. The number of anilines is 1. The average molecular weight is 265 g/mol. The predicted octanol–water partition coefficient (Wildman–Crippen LogP) is 3.26. The maximum atomic E-state index is 10.9. The van der Waals surface area contributed by atoms with Crippen LogP contribution in [0.4, 0.5) is 11.4 Å².